The van der Waals surface area contributed by atoms with Crippen LogP contribution in [0.15, 0.2) is 60.8 Å². The molecule has 1 aliphatic heterocycles. The predicted molar refractivity (Wildman–Crippen MR) is 96.8 cm³/mol. The molecule has 0 aliphatic carbocycles. The number of hydrogen-bond donors (Lipinski definition) is 1. The summed E-state index contributed by atoms with van der Waals surface area (Å²) < 4.78 is 0. The number of rotatable bonds is 4. The van der Waals surface area contributed by atoms with E-state index in [0.717, 1.165) is 18.4 Å². The van der Waals surface area contributed by atoms with Crippen LogP contribution >= 0.6 is 0 Å². The molecule has 0 spiro atoms. The van der Waals surface area contributed by atoms with Gasteiger partial charge in [-0.3, -0.25) is 14.6 Å². The number of carbonyl (C=O) groups is 2. The van der Waals surface area contributed by atoms with Gasteiger partial charge in [-0.1, -0.05) is 36.4 Å². The molecule has 0 bridgehead atoms. The van der Waals surface area contributed by atoms with Gasteiger partial charge in [0.2, 0.25) is 5.91 Å². The second kappa shape index (κ2) is 8.24. The first-order chi connectivity index (χ1) is 12.2. The third kappa shape index (κ3) is 4.76. The summed E-state index contributed by atoms with van der Waals surface area (Å²) in [6.45, 7) is 1.26. The normalized spacial score (nSPS) is 15.3. The molecule has 1 saturated heterocycles. The summed E-state index contributed by atoms with van der Waals surface area (Å²) in [5, 5.41) is 3.01. The monoisotopic (exact) mass is 335 g/mol. The average molecular weight is 335 g/mol. The Morgan fingerprint density at radius 3 is 2.44 bits per heavy atom. The number of benzene rings is 1. The van der Waals surface area contributed by atoms with Crippen LogP contribution in [0, 0.1) is 0 Å². The third-order valence-corrected chi connectivity index (χ3v) is 4.24. The Morgan fingerprint density at radius 2 is 1.76 bits per heavy atom. The molecule has 0 radical (unpaired) electrons. The van der Waals surface area contributed by atoms with Gasteiger partial charge < -0.3 is 10.2 Å². The van der Waals surface area contributed by atoms with Crippen molar-refractivity contribution in [3.8, 4) is 0 Å². The minimum absolute atomic E-state index is 0.0469. The fourth-order valence-corrected chi connectivity index (χ4v) is 2.86. The Labute approximate surface area is 147 Å². The van der Waals surface area contributed by atoms with Gasteiger partial charge in [-0.25, -0.2) is 0 Å². The van der Waals surface area contributed by atoms with Gasteiger partial charge in [0.05, 0.1) is 0 Å². The van der Waals surface area contributed by atoms with Crippen molar-refractivity contribution in [3.63, 3.8) is 0 Å². The van der Waals surface area contributed by atoms with Crippen LogP contribution in [-0.2, 0) is 4.79 Å². The van der Waals surface area contributed by atoms with E-state index in [2.05, 4.69) is 10.3 Å². The topological polar surface area (TPSA) is 62.3 Å². The number of nitrogens with one attached hydrogen (secondary N) is 1. The second-order valence-electron chi connectivity index (χ2n) is 6.03. The first kappa shape index (κ1) is 16.9. The molecule has 25 heavy (non-hydrogen) atoms. The number of piperidine rings is 1. The van der Waals surface area contributed by atoms with Gasteiger partial charge in [0.1, 0.15) is 5.69 Å². The maximum Gasteiger partial charge on any atom is 0.272 e. The minimum Gasteiger partial charge on any atom is -0.350 e. The molecule has 3 rings (SSSR count). The maximum atomic E-state index is 12.4. The molecule has 1 aliphatic rings. The number of pyridine rings is 1. The Hall–Kier alpha value is -2.95. The Bertz CT molecular complexity index is 736. The molecular weight excluding hydrogens is 314 g/mol. The van der Waals surface area contributed by atoms with Gasteiger partial charge in [0, 0.05) is 31.4 Å². The molecule has 0 saturated carbocycles. The summed E-state index contributed by atoms with van der Waals surface area (Å²) in [6.07, 6.45) is 6.49. The van der Waals surface area contributed by atoms with Crippen molar-refractivity contribution in [3.05, 3.63) is 72.1 Å². The van der Waals surface area contributed by atoms with Crippen molar-refractivity contribution in [2.75, 3.05) is 13.1 Å². The molecule has 5 nitrogen and oxygen atoms in total. The fraction of sp³-hybridized carbons (Fsp3) is 0.250. The van der Waals surface area contributed by atoms with E-state index in [9.17, 15) is 9.59 Å². The highest BCUT2D eigenvalue weighted by Crippen LogP contribution is 2.13. The highest BCUT2D eigenvalue weighted by atomic mass is 16.2. The lowest BCUT2D eigenvalue weighted by Gasteiger charge is -2.32. The van der Waals surface area contributed by atoms with Gasteiger partial charge >= 0.3 is 0 Å². The zero-order valence-corrected chi connectivity index (χ0v) is 14.0. The van der Waals surface area contributed by atoms with E-state index < -0.39 is 0 Å². The molecule has 0 unspecified atom stereocenters. The molecule has 1 aromatic heterocycles. The summed E-state index contributed by atoms with van der Waals surface area (Å²) in [7, 11) is 0. The summed E-state index contributed by atoms with van der Waals surface area (Å²) >= 11 is 0. The Balaban J connectivity index is 1.47. The number of hydrogen-bond acceptors (Lipinski definition) is 3. The highest BCUT2D eigenvalue weighted by Gasteiger charge is 2.24. The lowest BCUT2D eigenvalue weighted by atomic mass is 10.0. The SMILES string of the molecule is O=C(/C=C/c1ccccc1)NC1CCN(C(=O)c2ccccn2)CC1. The average Bonchev–Trinajstić information content (AvgIpc) is 2.68. The van der Waals surface area contributed by atoms with Gasteiger partial charge in [0.15, 0.2) is 0 Å². The van der Waals surface area contributed by atoms with Crippen LogP contribution in [0.4, 0.5) is 0 Å². The third-order valence-electron chi connectivity index (χ3n) is 4.24. The largest absolute Gasteiger partial charge is 0.350 e. The van der Waals surface area contributed by atoms with E-state index in [0.29, 0.717) is 18.8 Å². The Morgan fingerprint density at radius 1 is 1.04 bits per heavy atom. The predicted octanol–water partition coefficient (Wildman–Crippen LogP) is 2.52. The smallest absolute Gasteiger partial charge is 0.272 e. The van der Waals surface area contributed by atoms with Crippen molar-refractivity contribution in [1.29, 1.82) is 0 Å². The molecular formula is C20H21N3O2. The highest BCUT2D eigenvalue weighted by molar-refractivity contribution is 5.93. The molecule has 128 valence electrons. The number of aromatic nitrogens is 1. The van der Waals surface area contributed by atoms with Crippen LogP contribution in [0.1, 0.15) is 28.9 Å². The molecule has 1 fully saturated rings. The van der Waals surface area contributed by atoms with Crippen LogP contribution in [0.3, 0.4) is 0 Å². The van der Waals surface area contributed by atoms with Gasteiger partial charge in [-0.15, -0.1) is 0 Å². The van der Waals surface area contributed by atoms with E-state index in [1.165, 1.54) is 0 Å². The van der Waals surface area contributed by atoms with Crippen molar-refractivity contribution < 1.29 is 9.59 Å². The van der Waals surface area contributed by atoms with Crippen LogP contribution in [-0.4, -0.2) is 40.8 Å². The molecule has 2 heterocycles. The molecule has 2 aromatic rings. The molecule has 1 N–H and O–H groups in total. The Kier molecular flexibility index (Phi) is 5.57. The molecule has 2 amide bonds. The lowest BCUT2D eigenvalue weighted by molar-refractivity contribution is -0.117. The van der Waals surface area contributed by atoms with E-state index in [4.69, 9.17) is 0 Å². The van der Waals surface area contributed by atoms with E-state index in [-0.39, 0.29) is 17.9 Å². The summed E-state index contributed by atoms with van der Waals surface area (Å²) in [5.41, 5.74) is 1.46. The van der Waals surface area contributed by atoms with Crippen LogP contribution in [0.2, 0.25) is 0 Å². The lowest BCUT2D eigenvalue weighted by Crippen LogP contribution is -2.46. The number of likely N-dealkylation sites (tertiary alicyclic amines) is 1. The van der Waals surface area contributed by atoms with Crippen LogP contribution in [0.25, 0.3) is 6.08 Å². The zero-order chi connectivity index (χ0) is 17.5. The number of nitrogens with zero attached hydrogens (tertiary/aromatic N) is 2. The fourth-order valence-electron chi connectivity index (χ4n) is 2.86. The quantitative estimate of drug-likeness (QED) is 0.873. The van der Waals surface area contributed by atoms with Crippen molar-refractivity contribution in [1.82, 2.24) is 15.2 Å². The first-order valence-corrected chi connectivity index (χ1v) is 8.46. The first-order valence-electron chi connectivity index (χ1n) is 8.46. The standard InChI is InChI=1S/C20H21N3O2/c24-19(10-9-16-6-2-1-3-7-16)22-17-11-14-23(15-12-17)20(25)18-8-4-5-13-21-18/h1-10,13,17H,11-12,14-15H2,(H,22,24)/b10-9+. The number of amides is 2. The van der Waals surface area contributed by atoms with Crippen LogP contribution in [0.5, 0.6) is 0 Å². The van der Waals surface area contributed by atoms with Gasteiger partial charge in [-0.2, -0.15) is 0 Å². The summed E-state index contributed by atoms with van der Waals surface area (Å²) in [5.74, 6) is -0.146. The zero-order valence-electron chi connectivity index (χ0n) is 14.0. The van der Waals surface area contributed by atoms with Crippen LogP contribution < -0.4 is 5.32 Å². The van der Waals surface area contributed by atoms with Gasteiger partial charge in [-0.05, 0) is 36.6 Å². The summed E-state index contributed by atoms with van der Waals surface area (Å²) in [4.78, 5) is 30.3. The minimum atomic E-state index is -0.0987. The van der Waals surface area contributed by atoms with Crippen molar-refractivity contribution in [2.45, 2.75) is 18.9 Å². The van der Waals surface area contributed by atoms with Crippen molar-refractivity contribution >= 4 is 17.9 Å². The van der Waals surface area contributed by atoms with Gasteiger partial charge in [0.25, 0.3) is 5.91 Å². The second-order valence-corrected chi connectivity index (χ2v) is 6.03. The van der Waals surface area contributed by atoms with E-state index in [1.807, 2.05) is 36.4 Å². The summed E-state index contributed by atoms with van der Waals surface area (Å²) in [6, 6.07) is 15.1. The molecule has 1 aromatic carbocycles. The van der Waals surface area contributed by atoms with Crippen molar-refractivity contribution in [2.24, 2.45) is 0 Å². The maximum absolute atomic E-state index is 12.4. The van der Waals surface area contributed by atoms with E-state index in [1.54, 1.807) is 35.4 Å². The molecule has 5 heteroatoms. The molecule has 0 atom stereocenters. The number of carbonyl (C=O) groups excluding carboxylic acids is 2. The van der Waals surface area contributed by atoms with E-state index >= 15 is 0 Å².